The van der Waals surface area contributed by atoms with Crippen molar-refractivity contribution in [2.24, 2.45) is 5.92 Å². The zero-order chi connectivity index (χ0) is 12.5. The number of hydrogen-bond donors (Lipinski definition) is 2. The van der Waals surface area contributed by atoms with Crippen LogP contribution >= 0.6 is 12.2 Å². The van der Waals surface area contributed by atoms with Crippen molar-refractivity contribution in [3.8, 4) is 0 Å². The molecule has 1 heterocycles. The summed E-state index contributed by atoms with van der Waals surface area (Å²) in [6.45, 7) is 0.325. The van der Waals surface area contributed by atoms with Gasteiger partial charge in [-0.1, -0.05) is 12.1 Å². The first kappa shape index (κ1) is 11.9. The highest BCUT2D eigenvalue weighted by Crippen LogP contribution is 2.34. The molecular formula is C14H18N2OS. The van der Waals surface area contributed by atoms with Crippen molar-refractivity contribution in [1.82, 2.24) is 9.55 Å². The molecule has 3 rings (SSSR count). The van der Waals surface area contributed by atoms with Crippen molar-refractivity contribution in [1.29, 1.82) is 0 Å². The third-order valence-corrected chi connectivity index (χ3v) is 4.36. The van der Waals surface area contributed by atoms with Crippen LogP contribution in [0.5, 0.6) is 0 Å². The molecular weight excluding hydrogens is 244 g/mol. The molecule has 1 aliphatic rings. The topological polar surface area (TPSA) is 41.0 Å². The standard InChI is InChI=1S/C14H18N2OS/c17-9-10-5-7-11(8-6-10)16-13-4-2-1-3-12(13)15-14(16)18/h1-4,10-11,17H,5-9H2,(H,15,18). The number of aliphatic hydroxyl groups is 1. The van der Waals surface area contributed by atoms with Crippen LogP contribution in [0.3, 0.4) is 0 Å². The van der Waals surface area contributed by atoms with Gasteiger partial charge in [-0.05, 0) is 56.0 Å². The Morgan fingerprint density at radius 3 is 2.67 bits per heavy atom. The van der Waals surface area contributed by atoms with Gasteiger partial charge in [-0.3, -0.25) is 0 Å². The monoisotopic (exact) mass is 262 g/mol. The lowest BCUT2D eigenvalue weighted by molar-refractivity contribution is 0.169. The predicted octanol–water partition coefficient (Wildman–Crippen LogP) is 3.42. The normalized spacial score (nSPS) is 24.5. The second kappa shape index (κ2) is 4.86. The summed E-state index contributed by atoms with van der Waals surface area (Å²) in [5.74, 6) is 0.487. The maximum absolute atomic E-state index is 9.20. The van der Waals surface area contributed by atoms with E-state index in [-0.39, 0.29) is 0 Å². The van der Waals surface area contributed by atoms with E-state index in [1.807, 2.05) is 6.07 Å². The molecule has 0 spiro atoms. The van der Waals surface area contributed by atoms with Crippen LogP contribution in [-0.2, 0) is 0 Å². The molecule has 18 heavy (non-hydrogen) atoms. The Bertz CT molecular complexity index is 593. The van der Waals surface area contributed by atoms with Crippen LogP contribution in [-0.4, -0.2) is 21.3 Å². The number of para-hydroxylation sites is 2. The molecule has 1 aliphatic carbocycles. The number of H-pyrrole nitrogens is 1. The highest BCUT2D eigenvalue weighted by molar-refractivity contribution is 7.71. The smallest absolute Gasteiger partial charge is 0.178 e. The SMILES string of the molecule is OCC1CCC(n2c(=S)[nH]c3ccccc32)CC1. The number of aromatic nitrogens is 2. The van der Waals surface area contributed by atoms with Gasteiger partial charge in [-0.15, -0.1) is 0 Å². The van der Waals surface area contributed by atoms with Gasteiger partial charge in [0.1, 0.15) is 0 Å². The molecule has 0 bridgehead atoms. The lowest BCUT2D eigenvalue weighted by Crippen LogP contribution is -2.20. The molecule has 0 amide bonds. The number of nitrogens with one attached hydrogen (secondary N) is 1. The second-order valence-corrected chi connectivity index (χ2v) is 5.56. The average molecular weight is 262 g/mol. The number of aliphatic hydroxyl groups excluding tert-OH is 1. The fraction of sp³-hybridized carbons (Fsp3) is 0.500. The molecule has 1 fully saturated rings. The Morgan fingerprint density at radius 2 is 1.94 bits per heavy atom. The van der Waals surface area contributed by atoms with Crippen LogP contribution in [0.1, 0.15) is 31.7 Å². The van der Waals surface area contributed by atoms with E-state index >= 15 is 0 Å². The van der Waals surface area contributed by atoms with Crippen LogP contribution in [0.2, 0.25) is 0 Å². The number of rotatable bonds is 2. The van der Waals surface area contributed by atoms with E-state index in [0.29, 0.717) is 18.6 Å². The Hall–Kier alpha value is -1.13. The van der Waals surface area contributed by atoms with Crippen molar-refractivity contribution in [3.63, 3.8) is 0 Å². The minimum atomic E-state index is 0.325. The quantitative estimate of drug-likeness (QED) is 0.814. The number of imidazole rings is 1. The maximum Gasteiger partial charge on any atom is 0.178 e. The van der Waals surface area contributed by atoms with Crippen molar-refractivity contribution >= 4 is 23.3 Å². The summed E-state index contributed by atoms with van der Waals surface area (Å²) in [6, 6.07) is 8.76. The summed E-state index contributed by atoms with van der Waals surface area (Å²) in [5.41, 5.74) is 2.32. The third-order valence-electron chi connectivity index (χ3n) is 4.06. The molecule has 0 unspecified atom stereocenters. The Balaban J connectivity index is 1.95. The van der Waals surface area contributed by atoms with Gasteiger partial charge in [0.25, 0.3) is 0 Å². The number of aromatic amines is 1. The zero-order valence-corrected chi connectivity index (χ0v) is 11.1. The molecule has 96 valence electrons. The second-order valence-electron chi connectivity index (χ2n) is 5.17. The Labute approximate surface area is 111 Å². The van der Waals surface area contributed by atoms with Gasteiger partial charge in [0.15, 0.2) is 4.77 Å². The highest BCUT2D eigenvalue weighted by Gasteiger charge is 2.23. The molecule has 3 nitrogen and oxygen atoms in total. The molecule has 1 saturated carbocycles. The first-order valence-corrected chi connectivity index (χ1v) is 7.00. The van der Waals surface area contributed by atoms with Crippen molar-refractivity contribution in [3.05, 3.63) is 29.0 Å². The van der Waals surface area contributed by atoms with Gasteiger partial charge < -0.3 is 14.7 Å². The van der Waals surface area contributed by atoms with E-state index in [1.165, 1.54) is 5.52 Å². The number of fused-ring (bicyclic) bond motifs is 1. The van der Waals surface area contributed by atoms with Crippen LogP contribution in [0.4, 0.5) is 0 Å². The number of benzene rings is 1. The van der Waals surface area contributed by atoms with E-state index in [1.54, 1.807) is 0 Å². The molecule has 0 radical (unpaired) electrons. The average Bonchev–Trinajstić information content (AvgIpc) is 2.75. The minimum absolute atomic E-state index is 0.325. The lowest BCUT2D eigenvalue weighted by Gasteiger charge is -2.28. The van der Waals surface area contributed by atoms with E-state index in [2.05, 4.69) is 27.8 Å². The van der Waals surface area contributed by atoms with Gasteiger partial charge in [0.2, 0.25) is 0 Å². The van der Waals surface area contributed by atoms with Crippen molar-refractivity contribution in [2.75, 3.05) is 6.61 Å². The van der Waals surface area contributed by atoms with Crippen LogP contribution in [0.15, 0.2) is 24.3 Å². The zero-order valence-electron chi connectivity index (χ0n) is 10.3. The Kier molecular flexibility index (Phi) is 3.22. The van der Waals surface area contributed by atoms with Gasteiger partial charge in [-0.2, -0.15) is 0 Å². The van der Waals surface area contributed by atoms with Gasteiger partial charge in [0.05, 0.1) is 11.0 Å². The third kappa shape index (κ3) is 1.99. The molecule has 1 aromatic carbocycles. The molecule has 4 heteroatoms. The lowest BCUT2D eigenvalue weighted by atomic mass is 9.86. The molecule has 2 aromatic rings. The van der Waals surface area contributed by atoms with Crippen molar-refractivity contribution < 1.29 is 5.11 Å². The van der Waals surface area contributed by atoms with Crippen molar-refractivity contribution in [2.45, 2.75) is 31.7 Å². The van der Waals surface area contributed by atoms with Crippen LogP contribution < -0.4 is 0 Å². The molecule has 1 aromatic heterocycles. The van der Waals surface area contributed by atoms with Gasteiger partial charge in [0, 0.05) is 12.6 Å². The molecule has 2 N–H and O–H groups in total. The molecule has 0 saturated heterocycles. The van der Waals surface area contributed by atoms with Crippen LogP contribution in [0, 0.1) is 10.7 Å². The molecule has 0 aliphatic heterocycles. The van der Waals surface area contributed by atoms with E-state index in [0.717, 1.165) is 36.0 Å². The largest absolute Gasteiger partial charge is 0.396 e. The first-order valence-electron chi connectivity index (χ1n) is 6.59. The van der Waals surface area contributed by atoms with E-state index in [4.69, 9.17) is 12.2 Å². The van der Waals surface area contributed by atoms with Gasteiger partial charge >= 0.3 is 0 Å². The summed E-state index contributed by atoms with van der Waals surface area (Å²) < 4.78 is 3.08. The maximum atomic E-state index is 9.20. The van der Waals surface area contributed by atoms with Crippen LogP contribution in [0.25, 0.3) is 11.0 Å². The Morgan fingerprint density at radius 1 is 1.22 bits per heavy atom. The first-order chi connectivity index (χ1) is 8.79. The molecule has 0 atom stereocenters. The fourth-order valence-electron chi connectivity index (χ4n) is 3.02. The summed E-state index contributed by atoms with van der Waals surface area (Å²) in [5, 5.41) is 9.20. The van der Waals surface area contributed by atoms with Gasteiger partial charge in [-0.25, -0.2) is 0 Å². The van der Waals surface area contributed by atoms with E-state index < -0.39 is 0 Å². The summed E-state index contributed by atoms with van der Waals surface area (Å²) in [6.07, 6.45) is 4.42. The summed E-state index contributed by atoms with van der Waals surface area (Å²) >= 11 is 5.45. The minimum Gasteiger partial charge on any atom is -0.396 e. The predicted molar refractivity (Wildman–Crippen MR) is 75.2 cm³/mol. The fourth-order valence-corrected chi connectivity index (χ4v) is 3.38. The van der Waals surface area contributed by atoms with E-state index in [9.17, 15) is 5.11 Å². The highest BCUT2D eigenvalue weighted by atomic mass is 32.1. The number of hydrogen-bond acceptors (Lipinski definition) is 2. The summed E-state index contributed by atoms with van der Waals surface area (Å²) in [7, 11) is 0. The number of nitrogens with zero attached hydrogens (tertiary/aromatic N) is 1. The summed E-state index contributed by atoms with van der Waals surface area (Å²) in [4.78, 5) is 3.28.